The van der Waals surface area contributed by atoms with Crippen molar-refractivity contribution in [2.24, 2.45) is 5.92 Å². The smallest absolute Gasteiger partial charge is 0.100 e. The van der Waals surface area contributed by atoms with Gasteiger partial charge in [-0.2, -0.15) is 5.26 Å². The van der Waals surface area contributed by atoms with Crippen LogP contribution in [0.3, 0.4) is 0 Å². The van der Waals surface area contributed by atoms with Gasteiger partial charge in [-0.25, -0.2) is 0 Å². The summed E-state index contributed by atoms with van der Waals surface area (Å²) in [5.41, 5.74) is 3.18. The van der Waals surface area contributed by atoms with Crippen molar-refractivity contribution in [3.05, 3.63) is 27.7 Å². The highest BCUT2D eigenvalue weighted by atomic mass is 79.9. The molecule has 0 aromatic heterocycles. The highest BCUT2D eigenvalue weighted by molar-refractivity contribution is 9.10. The van der Waals surface area contributed by atoms with E-state index in [1.165, 1.54) is 24.1 Å². The number of benzene rings is 1. The van der Waals surface area contributed by atoms with Gasteiger partial charge < -0.3 is 4.90 Å². The van der Waals surface area contributed by atoms with Gasteiger partial charge >= 0.3 is 0 Å². The van der Waals surface area contributed by atoms with Crippen molar-refractivity contribution in [3.63, 3.8) is 0 Å². The maximum atomic E-state index is 8.99. The molecular formula is C14H17BrN2. The Balaban J connectivity index is 2.32. The van der Waals surface area contributed by atoms with Crippen LogP contribution >= 0.6 is 15.9 Å². The van der Waals surface area contributed by atoms with Crippen molar-refractivity contribution in [1.29, 1.82) is 5.26 Å². The molecule has 1 aromatic rings. The minimum absolute atomic E-state index is 0.719. The molecule has 0 aliphatic carbocycles. The summed E-state index contributed by atoms with van der Waals surface area (Å²) in [5, 5.41) is 8.99. The second kappa shape index (κ2) is 5.10. The molecule has 90 valence electrons. The molecule has 0 bridgehead atoms. The molecule has 0 saturated carbocycles. The van der Waals surface area contributed by atoms with E-state index in [-0.39, 0.29) is 0 Å². The highest BCUT2D eigenvalue weighted by Gasteiger charge is 2.18. The third-order valence-corrected chi connectivity index (χ3v) is 4.06. The van der Waals surface area contributed by atoms with Crippen molar-refractivity contribution in [3.8, 4) is 6.07 Å². The molecule has 1 aliphatic rings. The molecular weight excluding hydrogens is 276 g/mol. The van der Waals surface area contributed by atoms with E-state index in [2.05, 4.69) is 46.8 Å². The first-order chi connectivity index (χ1) is 8.11. The van der Waals surface area contributed by atoms with Crippen molar-refractivity contribution in [2.75, 3.05) is 18.0 Å². The standard InChI is InChI=1S/C14H17BrN2/c1-10-4-3-5-17(9-10)14-7-13(15)12(8-16)6-11(14)2/h6-7,10H,3-5,9H2,1-2H3. The van der Waals surface area contributed by atoms with Gasteiger partial charge in [0, 0.05) is 23.2 Å². The van der Waals surface area contributed by atoms with E-state index in [9.17, 15) is 0 Å². The summed E-state index contributed by atoms with van der Waals surface area (Å²) in [5.74, 6) is 0.762. The van der Waals surface area contributed by atoms with Gasteiger partial charge in [0.05, 0.1) is 5.56 Å². The molecule has 1 unspecified atom stereocenters. The molecule has 2 nitrogen and oxygen atoms in total. The Morgan fingerprint density at radius 2 is 2.24 bits per heavy atom. The van der Waals surface area contributed by atoms with Gasteiger partial charge in [0.15, 0.2) is 0 Å². The van der Waals surface area contributed by atoms with E-state index in [4.69, 9.17) is 5.26 Å². The predicted octanol–water partition coefficient (Wildman–Crippen LogP) is 3.87. The largest absolute Gasteiger partial charge is 0.371 e. The third-order valence-electron chi connectivity index (χ3n) is 3.40. The van der Waals surface area contributed by atoms with Crippen LogP contribution in [-0.2, 0) is 0 Å². The van der Waals surface area contributed by atoms with Gasteiger partial charge in [-0.15, -0.1) is 0 Å². The average molecular weight is 293 g/mol. The van der Waals surface area contributed by atoms with Crippen LogP contribution in [-0.4, -0.2) is 13.1 Å². The minimum Gasteiger partial charge on any atom is -0.371 e. The molecule has 1 saturated heterocycles. The number of hydrogen-bond acceptors (Lipinski definition) is 2. The van der Waals surface area contributed by atoms with E-state index >= 15 is 0 Å². The molecule has 0 N–H and O–H groups in total. The third kappa shape index (κ3) is 2.63. The number of anilines is 1. The van der Waals surface area contributed by atoms with Crippen molar-refractivity contribution in [1.82, 2.24) is 0 Å². The Kier molecular flexibility index (Phi) is 3.73. The minimum atomic E-state index is 0.719. The lowest BCUT2D eigenvalue weighted by atomic mass is 9.98. The summed E-state index contributed by atoms with van der Waals surface area (Å²) >= 11 is 3.47. The first-order valence-electron chi connectivity index (χ1n) is 6.07. The Morgan fingerprint density at radius 1 is 1.47 bits per heavy atom. The van der Waals surface area contributed by atoms with Crippen LogP contribution in [0.25, 0.3) is 0 Å². The first-order valence-corrected chi connectivity index (χ1v) is 6.86. The summed E-state index contributed by atoms with van der Waals surface area (Å²) in [7, 11) is 0. The quantitative estimate of drug-likeness (QED) is 0.786. The SMILES string of the molecule is Cc1cc(C#N)c(Br)cc1N1CCCC(C)C1. The van der Waals surface area contributed by atoms with Crippen molar-refractivity contribution < 1.29 is 0 Å². The number of halogens is 1. The second-order valence-corrected chi connectivity index (χ2v) is 5.78. The molecule has 1 aromatic carbocycles. The van der Waals surface area contributed by atoms with Gasteiger partial charge in [0.25, 0.3) is 0 Å². The molecule has 1 atom stereocenters. The lowest BCUT2D eigenvalue weighted by Crippen LogP contribution is -2.34. The fraction of sp³-hybridized carbons (Fsp3) is 0.500. The summed E-state index contributed by atoms with van der Waals surface area (Å²) < 4.78 is 0.902. The van der Waals surface area contributed by atoms with Crippen LogP contribution in [0, 0.1) is 24.2 Å². The molecule has 0 spiro atoms. The van der Waals surface area contributed by atoms with Crippen LogP contribution in [0.4, 0.5) is 5.69 Å². The number of aryl methyl sites for hydroxylation is 1. The average Bonchev–Trinajstić information content (AvgIpc) is 2.31. The first kappa shape index (κ1) is 12.4. The molecule has 1 fully saturated rings. The molecule has 2 rings (SSSR count). The van der Waals surface area contributed by atoms with E-state index in [1.54, 1.807) is 0 Å². The Labute approximate surface area is 111 Å². The summed E-state index contributed by atoms with van der Waals surface area (Å²) in [6, 6.07) is 6.27. The molecule has 17 heavy (non-hydrogen) atoms. The topological polar surface area (TPSA) is 27.0 Å². The van der Waals surface area contributed by atoms with Crippen molar-refractivity contribution >= 4 is 21.6 Å². The summed E-state index contributed by atoms with van der Waals surface area (Å²) in [4.78, 5) is 2.44. The molecule has 3 heteroatoms. The highest BCUT2D eigenvalue weighted by Crippen LogP contribution is 2.30. The van der Waals surface area contributed by atoms with Gasteiger partial charge in [0.1, 0.15) is 6.07 Å². The van der Waals surface area contributed by atoms with Crippen LogP contribution in [0.15, 0.2) is 16.6 Å². The zero-order chi connectivity index (χ0) is 12.4. The van der Waals surface area contributed by atoms with Gasteiger partial charge in [-0.3, -0.25) is 0 Å². The molecule has 1 aliphatic heterocycles. The van der Waals surface area contributed by atoms with E-state index < -0.39 is 0 Å². The fourth-order valence-corrected chi connectivity index (χ4v) is 2.93. The lowest BCUT2D eigenvalue weighted by Gasteiger charge is -2.34. The predicted molar refractivity (Wildman–Crippen MR) is 74.2 cm³/mol. The molecule has 0 radical (unpaired) electrons. The Hall–Kier alpha value is -1.01. The number of hydrogen-bond donors (Lipinski definition) is 0. The zero-order valence-corrected chi connectivity index (χ0v) is 11.9. The maximum absolute atomic E-state index is 8.99. The van der Waals surface area contributed by atoms with E-state index in [1.807, 2.05) is 6.07 Å². The van der Waals surface area contributed by atoms with Gasteiger partial charge in [0.2, 0.25) is 0 Å². The van der Waals surface area contributed by atoms with E-state index in [0.29, 0.717) is 0 Å². The Bertz CT molecular complexity index is 462. The normalized spacial score (nSPS) is 20.1. The number of piperidine rings is 1. The summed E-state index contributed by atoms with van der Waals surface area (Å²) in [6.45, 7) is 6.64. The van der Waals surface area contributed by atoms with Crippen molar-refractivity contribution in [2.45, 2.75) is 26.7 Å². The number of nitrogens with zero attached hydrogens (tertiary/aromatic N) is 2. The Morgan fingerprint density at radius 3 is 2.88 bits per heavy atom. The monoisotopic (exact) mass is 292 g/mol. The van der Waals surface area contributed by atoms with Crippen LogP contribution < -0.4 is 4.90 Å². The maximum Gasteiger partial charge on any atom is 0.100 e. The molecule has 0 amide bonds. The second-order valence-electron chi connectivity index (χ2n) is 4.92. The number of rotatable bonds is 1. The summed E-state index contributed by atoms with van der Waals surface area (Å²) in [6.07, 6.45) is 2.59. The van der Waals surface area contributed by atoms with Gasteiger partial charge in [-0.05, 0) is 59.3 Å². The van der Waals surface area contributed by atoms with Crippen LogP contribution in [0.1, 0.15) is 30.9 Å². The lowest BCUT2D eigenvalue weighted by molar-refractivity contribution is 0.446. The fourth-order valence-electron chi connectivity index (χ4n) is 2.51. The van der Waals surface area contributed by atoms with E-state index in [0.717, 1.165) is 29.0 Å². The van der Waals surface area contributed by atoms with Crippen LogP contribution in [0.5, 0.6) is 0 Å². The van der Waals surface area contributed by atoms with Gasteiger partial charge in [-0.1, -0.05) is 6.92 Å². The zero-order valence-electron chi connectivity index (χ0n) is 10.3. The number of nitriles is 1. The van der Waals surface area contributed by atoms with Crippen LogP contribution in [0.2, 0.25) is 0 Å². The molecule has 1 heterocycles.